The molecule has 0 N–H and O–H groups in total. The predicted molar refractivity (Wildman–Crippen MR) is 316 cm³/mol. The van der Waals surface area contributed by atoms with Crippen LogP contribution >= 0.6 is 0 Å². The maximum Gasteiger partial charge on any atom is 0.166 e. The van der Waals surface area contributed by atoms with Gasteiger partial charge in [-0.1, -0.05) is 164 Å². The van der Waals surface area contributed by atoms with Crippen LogP contribution in [0.5, 0.6) is 0 Å². The van der Waals surface area contributed by atoms with E-state index in [2.05, 4.69) is 257 Å². The summed E-state index contributed by atoms with van der Waals surface area (Å²) in [6.45, 7) is 50.2. The van der Waals surface area contributed by atoms with Crippen LogP contribution in [0, 0.1) is 0 Å². The molecular weight excluding hydrogens is 905 g/mol. The van der Waals surface area contributed by atoms with E-state index in [0.29, 0.717) is 0 Å². The lowest BCUT2D eigenvalue weighted by atomic mass is 9.86. The topological polar surface area (TPSA) is 64.5 Å². The minimum Gasteiger partial charge on any atom is -0.291 e. The largest absolute Gasteiger partial charge is 0.291 e. The molecule has 0 bridgehead atoms. The SMILES string of the molecule is CC(C)c1cc(N2/C(=C3/N(c4cc(C(C)C)nc(C(C)C)c4)c4ccc(C(C)(C)C)cc4N3c3cc(C(C)C)nc(C(C)C)c3)N(c3cc(C(C)C)nc(C(C)C)c3)c3cc(C(C)(C)C)ccc32)cc(C(C)C)n1. The molecule has 2 aliphatic rings. The zero-order valence-corrected chi connectivity index (χ0v) is 49.3. The smallest absolute Gasteiger partial charge is 0.166 e. The normalized spacial score (nSPS) is 15.3. The Balaban J connectivity index is 1.70. The highest BCUT2D eigenvalue weighted by Gasteiger charge is 2.46. The Morgan fingerprint density at radius 3 is 0.635 bits per heavy atom. The molecule has 8 rings (SSSR count). The molecule has 0 fully saturated rings. The fourth-order valence-corrected chi connectivity index (χ4v) is 9.93. The molecule has 4 aromatic heterocycles. The number of nitrogens with zero attached hydrogens (tertiary/aromatic N) is 8. The van der Waals surface area contributed by atoms with Gasteiger partial charge in [0.1, 0.15) is 0 Å². The van der Waals surface area contributed by atoms with E-state index < -0.39 is 0 Å². The van der Waals surface area contributed by atoms with E-state index in [1.807, 2.05) is 0 Å². The zero-order valence-electron chi connectivity index (χ0n) is 49.3. The van der Waals surface area contributed by atoms with E-state index in [4.69, 9.17) is 19.9 Å². The average molecular weight is 993 g/mol. The van der Waals surface area contributed by atoms with Crippen molar-refractivity contribution in [2.75, 3.05) is 19.6 Å². The lowest BCUT2D eigenvalue weighted by molar-refractivity contribution is 0.590. The number of hydrogen-bond acceptors (Lipinski definition) is 8. The Morgan fingerprint density at radius 2 is 0.459 bits per heavy atom. The summed E-state index contributed by atoms with van der Waals surface area (Å²) in [6, 6.07) is 33.2. The van der Waals surface area contributed by atoms with Gasteiger partial charge in [-0.15, -0.1) is 0 Å². The minimum absolute atomic E-state index is 0.127. The second kappa shape index (κ2) is 20.3. The van der Waals surface area contributed by atoms with Crippen LogP contribution in [0.25, 0.3) is 0 Å². The summed E-state index contributed by atoms with van der Waals surface area (Å²) < 4.78 is 0. The molecule has 0 atom stereocenters. The number of pyridine rings is 4. The van der Waals surface area contributed by atoms with E-state index in [9.17, 15) is 0 Å². The molecule has 2 aliphatic heterocycles. The number of rotatable bonds is 12. The van der Waals surface area contributed by atoms with Gasteiger partial charge in [0, 0.05) is 45.6 Å². The Kier molecular flexibility index (Phi) is 14.8. The van der Waals surface area contributed by atoms with Crippen molar-refractivity contribution in [3.63, 3.8) is 0 Å². The summed E-state index contributed by atoms with van der Waals surface area (Å²) in [5.41, 5.74) is 19.6. The van der Waals surface area contributed by atoms with Crippen LogP contribution in [0.2, 0.25) is 0 Å². The van der Waals surface area contributed by atoms with E-state index in [1.165, 1.54) is 11.1 Å². The highest BCUT2D eigenvalue weighted by molar-refractivity contribution is 6.00. The first-order valence-electron chi connectivity index (χ1n) is 27.9. The van der Waals surface area contributed by atoms with Crippen molar-refractivity contribution in [3.8, 4) is 0 Å². The quantitative estimate of drug-likeness (QED) is 0.120. The molecule has 0 saturated carbocycles. The lowest BCUT2D eigenvalue weighted by Crippen LogP contribution is -2.34. The Hall–Kier alpha value is -6.02. The van der Waals surface area contributed by atoms with Crippen LogP contribution in [0.15, 0.2) is 96.6 Å². The average Bonchev–Trinajstić information content (AvgIpc) is 3.85. The summed E-state index contributed by atoms with van der Waals surface area (Å²) >= 11 is 0. The molecule has 8 nitrogen and oxygen atoms in total. The van der Waals surface area contributed by atoms with E-state index in [1.54, 1.807) is 0 Å². The third-order valence-electron chi connectivity index (χ3n) is 14.9. The summed E-state index contributed by atoms with van der Waals surface area (Å²) in [6.07, 6.45) is 0. The second-order valence-corrected chi connectivity index (χ2v) is 25.8. The molecule has 74 heavy (non-hydrogen) atoms. The fraction of sp³-hybridized carbons (Fsp3) is 0.485. The maximum absolute atomic E-state index is 5.37. The molecule has 0 saturated heterocycles. The molecular formula is C66H88N8. The van der Waals surface area contributed by atoms with Crippen molar-refractivity contribution in [3.05, 3.63) is 153 Å². The van der Waals surface area contributed by atoms with Crippen LogP contribution in [0.3, 0.4) is 0 Å². The van der Waals surface area contributed by atoms with Crippen molar-refractivity contribution in [2.45, 2.75) is 210 Å². The van der Waals surface area contributed by atoms with Crippen LogP contribution in [0.4, 0.5) is 45.5 Å². The highest BCUT2D eigenvalue weighted by Crippen LogP contribution is 2.59. The van der Waals surface area contributed by atoms with Crippen molar-refractivity contribution >= 4 is 45.5 Å². The lowest BCUT2D eigenvalue weighted by Gasteiger charge is -2.35. The number of benzene rings is 2. The number of anilines is 8. The zero-order chi connectivity index (χ0) is 54.2. The summed E-state index contributed by atoms with van der Waals surface area (Å²) in [5, 5.41) is 0. The van der Waals surface area contributed by atoms with Gasteiger partial charge < -0.3 is 0 Å². The van der Waals surface area contributed by atoms with E-state index in [0.717, 1.165) is 103 Å². The summed E-state index contributed by atoms with van der Waals surface area (Å²) in [5.74, 6) is 3.65. The molecule has 2 aromatic carbocycles. The van der Waals surface area contributed by atoms with Crippen LogP contribution in [-0.4, -0.2) is 19.9 Å². The molecule has 0 radical (unpaired) electrons. The molecule has 392 valence electrons. The molecule has 8 heteroatoms. The molecule has 0 amide bonds. The van der Waals surface area contributed by atoms with Gasteiger partial charge in [-0.3, -0.25) is 39.5 Å². The van der Waals surface area contributed by atoms with Gasteiger partial charge >= 0.3 is 0 Å². The van der Waals surface area contributed by atoms with Crippen LogP contribution < -0.4 is 19.6 Å². The number of fused-ring (bicyclic) bond motifs is 2. The molecule has 6 aromatic rings. The first-order chi connectivity index (χ1) is 34.5. The van der Waals surface area contributed by atoms with Gasteiger partial charge in [-0.05, 0) is 142 Å². The van der Waals surface area contributed by atoms with E-state index in [-0.39, 0.29) is 58.2 Å². The van der Waals surface area contributed by atoms with Gasteiger partial charge in [-0.2, -0.15) is 0 Å². The van der Waals surface area contributed by atoms with Crippen molar-refractivity contribution < 1.29 is 0 Å². The Bertz CT molecular complexity index is 2770. The highest BCUT2D eigenvalue weighted by atomic mass is 15.5. The molecule has 0 spiro atoms. The Morgan fingerprint density at radius 1 is 0.270 bits per heavy atom. The maximum atomic E-state index is 5.37. The summed E-state index contributed by atoms with van der Waals surface area (Å²) in [7, 11) is 0. The van der Waals surface area contributed by atoms with Gasteiger partial charge in [0.2, 0.25) is 0 Å². The molecule has 6 heterocycles. The van der Waals surface area contributed by atoms with Gasteiger partial charge in [-0.25, -0.2) is 0 Å². The summed E-state index contributed by atoms with van der Waals surface area (Å²) in [4.78, 5) is 31.8. The van der Waals surface area contributed by atoms with Gasteiger partial charge in [0.05, 0.1) is 45.5 Å². The molecule has 0 aliphatic carbocycles. The van der Waals surface area contributed by atoms with Crippen molar-refractivity contribution in [2.24, 2.45) is 0 Å². The Labute approximate surface area is 446 Å². The van der Waals surface area contributed by atoms with Gasteiger partial charge in [0.25, 0.3) is 0 Å². The first-order valence-corrected chi connectivity index (χ1v) is 27.9. The third kappa shape index (κ3) is 10.4. The van der Waals surface area contributed by atoms with Crippen molar-refractivity contribution in [1.82, 2.24) is 19.9 Å². The third-order valence-corrected chi connectivity index (χ3v) is 14.9. The van der Waals surface area contributed by atoms with Crippen LogP contribution in [0.1, 0.15) is 256 Å². The van der Waals surface area contributed by atoms with Gasteiger partial charge in [0.15, 0.2) is 11.6 Å². The number of hydrogen-bond donors (Lipinski definition) is 0. The standard InChI is InChI=1S/C66H88N8/c1-37(2)51-29-47(30-52(67-51)38(3)4)71-59-25-23-45(65(17,18)19)27-61(59)73(49-33-55(41(9)10)69-56(34-49)42(11)12)63(71)64-72(48-31-53(39(5)6)68-54(32-48)40(7)8)60-26-24-46(66(20,21)22)28-62(60)74(64)50-35-57(43(13)14)70-58(36-50)44(15)16/h23-44H,1-22H3/b64-63+. The minimum atomic E-state index is -0.127. The number of aromatic nitrogens is 4. The van der Waals surface area contributed by atoms with Crippen LogP contribution in [-0.2, 0) is 10.8 Å². The first kappa shape index (κ1) is 54.2. The molecule has 0 unspecified atom stereocenters. The predicted octanol–water partition coefficient (Wildman–Crippen LogP) is 19.3. The van der Waals surface area contributed by atoms with Crippen molar-refractivity contribution in [1.29, 1.82) is 0 Å². The monoisotopic (exact) mass is 993 g/mol. The second-order valence-electron chi connectivity index (χ2n) is 25.8. The van der Waals surface area contributed by atoms with E-state index >= 15 is 0 Å². The fourth-order valence-electron chi connectivity index (χ4n) is 9.93.